The number of aromatic nitrogens is 1. The number of rotatable bonds is 6. The van der Waals surface area contributed by atoms with Gasteiger partial charge in [-0.15, -0.1) is 0 Å². The molecule has 2 aliphatic rings. The Labute approximate surface area is 147 Å². The number of benzene rings is 1. The predicted molar refractivity (Wildman–Crippen MR) is 93.8 cm³/mol. The average Bonchev–Trinajstić information content (AvgIpc) is 3.38. The summed E-state index contributed by atoms with van der Waals surface area (Å²) in [7, 11) is 0. The molecule has 4 rings (SSSR count). The van der Waals surface area contributed by atoms with Gasteiger partial charge >= 0.3 is 0 Å². The quantitative estimate of drug-likeness (QED) is 0.812. The molecule has 130 valence electrons. The lowest BCUT2D eigenvalue weighted by molar-refractivity contribution is 0.0767. The highest BCUT2D eigenvalue weighted by molar-refractivity contribution is 5.97. The molecule has 1 saturated heterocycles. The van der Waals surface area contributed by atoms with Crippen LogP contribution in [0.15, 0.2) is 48.8 Å². The van der Waals surface area contributed by atoms with Crippen molar-refractivity contribution >= 4 is 5.91 Å². The summed E-state index contributed by atoms with van der Waals surface area (Å²) < 4.78 is 11.8. The topological polar surface area (TPSA) is 51.7 Å². The van der Waals surface area contributed by atoms with E-state index >= 15 is 0 Å². The molecule has 5 heteroatoms. The summed E-state index contributed by atoms with van der Waals surface area (Å²) in [5.74, 6) is 2.17. The highest BCUT2D eigenvalue weighted by Gasteiger charge is 2.30. The third-order valence-electron chi connectivity index (χ3n) is 4.67. The van der Waals surface area contributed by atoms with Crippen molar-refractivity contribution in [2.45, 2.75) is 25.4 Å². The van der Waals surface area contributed by atoms with E-state index in [1.54, 1.807) is 12.4 Å². The molecule has 2 heterocycles. The van der Waals surface area contributed by atoms with E-state index in [0.717, 1.165) is 12.2 Å². The van der Waals surface area contributed by atoms with E-state index in [1.807, 2.05) is 41.3 Å². The van der Waals surface area contributed by atoms with Crippen LogP contribution in [0.25, 0.3) is 0 Å². The molecule has 1 aliphatic carbocycles. The number of carbonyl (C=O) groups is 1. The van der Waals surface area contributed by atoms with Crippen molar-refractivity contribution in [3.8, 4) is 11.5 Å². The molecule has 0 unspecified atom stereocenters. The lowest BCUT2D eigenvalue weighted by Gasteiger charge is -2.19. The highest BCUT2D eigenvalue weighted by atomic mass is 16.5. The summed E-state index contributed by atoms with van der Waals surface area (Å²) in [5.41, 5.74) is 0.646. The van der Waals surface area contributed by atoms with Gasteiger partial charge in [-0.1, -0.05) is 12.1 Å². The molecule has 2 fully saturated rings. The monoisotopic (exact) mass is 338 g/mol. The third-order valence-corrected chi connectivity index (χ3v) is 4.67. The molecule has 0 spiro atoms. The number of hydrogen-bond donors (Lipinski definition) is 0. The van der Waals surface area contributed by atoms with E-state index in [0.29, 0.717) is 36.9 Å². The third kappa shape index (κ3) is 3.92. The van der Waals surface area contributed by atoms with Crippen LogP contribution in [0.5, 0.6) is 11.5 Å². The van der Waals surface area contributed by atoms with E-state index in [9.17, 15) is 4.79 Å². The van der Waals surface area contributed by atoms with Crippen LogP contribution in [-0.4, -0.2) is 41.6 Å². The second-order valence-corrected chi connectivity index (χ2v) is 6.71. The Kier molecular flexibility index (Phi) is 4.55. The summed E-state index contributed by atoms with van der Waals surface area (Å²) in [6.45, 7) is 2.00. The van der Waals surface area contributed by atoms with Crippen molar-refractivity contribution in [1.82, 2.24) is 9.88 Å². The van der Waals surface area contributed by atoms with Crippen LogP contribution in [0.2, 0.25) is 0 Å². The molecule has 2 aromatic rings. The fourth-order valence-corrected chi connectivity index (χ4v) is 3.05. The average molecular weight is 338 g/mol. The molecule has 0 bridgehead atoms. The van der Waals surface area contributed by atoms with Gasteiger partial charge in [-0.2, -0.15) is 0 Å². The van der Waals surface area contributed by atoms with Gasteiger partial charge in [-0.05, 0) is 43.0 Å². The van der Waals surface area contributed by atoms with Crippen LogP contribution in [-0.2, 0) is 0 Å². The normalized spacial score (nSPS) is 19.7. The Morgan fingerprint density at radius 2 is 1.92 bits per heavy atom. The molecule has 1 aliphatic heterocycles. The maximum atomic E-state index is 12.9. The maximum absolute atomic E-state index is 12.9. The molecule has 5 nitrogen and oxygen atoms in total. The van der Waals surface area contributed by atoms with Gasteiger partial charge in [0.1, 0.15) is 17.6 Å². The number of carbonyl (C=O) groups excluding carboxylic acids is 1. The van der Waals surface area contributed by atoms with Crippen LogP contribution in [0.4, 0.5) is 0 Å². The van der Waals surface area contributed by atoms with Crippen molar-refractivity contribution in [3.63, 3.8) is 0 Å². The summed E-state index contributed by atoms with van der Waals surface area (Å²) in [6.07, 6.45) is 6.73. The molecular weight excluding hydrogens is 316 g/mol. The van der Waals surface area contributed by atoms with Crippen molar-refractivity contribution in [1.29, 1.82) is 0 Å². The number of pyridine rings is 1. The minimum Gasteiger partial charge on any atom is -0.492 e. The first-order valence-electron chi connectivity index (χ1n) is 8.87. The molecule has 1 aromatic heterocycles. The van der Waals surface area contributed by atoms with E-state index in [1.165, 1.54) is 12.8 Å². The minimum absolute atomic E-state index is 0.0193. The summed E-state index contributed by atoms with van der Waals surface area (Å²) in [5, 5.41) is 0. The zero-order chi connectivity index (χ0) is 17.1. The smallest absolute Gasteiger partial charge is 0.257 e. The molecule has 0 N–H and O–H groups in total. The predicted octanol–water partition coefficient (Wildman–Crippen LogP) is 3.16. The van der Waals surface area contributed by atoms with E-state index in [-0.39, 0.29) is 12.0 Å². The van der Waals surface area contributed by atoms with Crippen molar-refractivity contribution < 1.29 is 14.3 Å². The van der Waals surface area contributed by atoms with Gasteiger partial charge in [0.2, 0.25) is 0 Å². The fourth-order valence-electron chi connectivity index (χ4n) is 3.05. The largest absolute Gasteiger partial charge is 0.492 e. The van der Waals surface area contributed by atoms with Crippen molar-refractivity contribution in [2.75, 3.05) is 19.7 Å². The lowest BCUT2D eigenvalue weighted by atomic mass is 10.1. The van der Waals surface area contributed by atoms with Crippen LogP contribution in [0, 0.1) is 5.92 Å². The number of nitrogens with zero attached hydrogens (tertiary/aromatic N) is 2. The van der Waals surface area contributed by atoms with Crippen LogP contribution in [0.3, 0.4) is 0 Å². The minimum atomic E-state index is 0.0193. The van der Waals surface area contributed by atoms with Crippen LogP contribution < -0.4 is 9.47 Å². The number of para-hydroxylation sites is 1. The van der Waals surface area contributed by atoms with Gasteiger partial charge in [0.25, 0.3) is 5.91 Å². The number of hydrogen-bond acceptors (Lipinski definition) is 4. The Morgan fingerprint density at radius 1 is 1.12 bits per heavy atom. The maximum Gasteiger partial charge on any atom is 0.257 e. The number of likely N-dealkylation sites (tertiary alicyclic amines) is 1. The standard InChI is InChI=1S/C20H22N2O3/c23-20(18-3-1-2-4-19(18)24-14-15-5-6-15)22-12-9-17(13-22)25-16-7-10-21-11-8-16/h1-4,7-8,10-11,15,17H,5-6,9,12-14H2/t17-/m1/s1. The molecular formula is C20H22N2O3. The van der Waals surface area contributed by atoms with Crippen LogP contribution in [0.1, 0.15) is 29.6 Å². The molecule has 1 amide bonds. The lowest BCUT2D eigenvalue weighted by Crippen LogP contribution is -2.31. The first-order chi connectivity index (χ1) is 12.3. The Morgan fingerprint density at radius 3 is 2.72 bits per heavy atom. The molecule has 25 heavy (non-hydrogen) atoms. The number of ether oxygens (including phenoxy) is 2. The molecule has 1 saturated carbocycles. The first-order valence-corrected chi connectivity index (χ1v) is 8.87. The second-order valence-electron chi connectivity index (χ2n) is 6.71. The van der Waals surface area contributed by atoms with Gasteiger partial charge in [0.15, 0.2) is 0 Å². The van der Waals surface area contributed by atoms with Gasteiger partial charge in [-0.25, -0.2) is 0 Å². The van der Waals surface area contributed by atoms with Gasteiger partial charge in [0.05, 0.1) is 18.7 Å². The van der Waals surface area contributed by atoms with E-state index < -0.39 is 0 Å². The molecule has 1 atom stereocenters. The fraction of sp³-hybridized carbons (Fsp3) is 0.400. The zero-order valence-electron chi connectivity index (χ0n) is 14.1. The summed E-state index contributed by atoms with van der Waals surface area (Å²) >= 11 is 0. The van der Waals surface area contributed by atoms with E-state index in [2.05, 4.69) is 4.98 Å². The summed E-state index contributed by atoms with van der Waals surface area (Å²) in [6, 6.07) is 11.2. The van der Waals surface area contributed by atoms with Gasteiger partial charge in [0, 0.05) is 25.4 Å². The Bertz CT molecular complexity index is 731. The van der Waals surface area contributed by atoms with Gasteiger partial charge in [-0.3, -0.25) is 9.78 Å². The highest BCUT2D eigenvalue weighted by Crippen LogP contribution is 2.31. The number of amides is 1. The molecule has 0 radical (unpaired) electrons. The molecule has 1 aromatic carbocycles. The Balaban J connectivity index is 1.39. The van der Waals surface area contributed by atoms with Gasteiger partial charge < -0.3 is 14.4 Å². The first kappa shape index (κ1) is 15.9. The van der Waals surface area contributed by atoms with Crippen LogP contribution >= 0.6 is 0 Å². The second kappa shape index (κ2) is 7.13. The summed E-state index contributed by atoms with van der Waals surface area (Å²) in [4.78, 5) is 18.7. The van der Waals surface area contributed by atoms with Crippen molar-refractivity contribution in [3.05, 3.63) is 54.4 Å². The van der Waals surface area contributed by atoms with Crippen molar-refractivity contribution in [2.24, 2.45) is 5.92 Å². The van der Waals surface area contributed by atoms with E-state index in [4.69, 9.17) is 9.47 Å². The zero-order valence-corrected chi connectivity index (χ0v) is 14.1. The Hall–Kier alpha value is -2.56. The SMILES string of the molecule is O=C(c1ccccc1OCC1CC1)N1CC[C@@H](Oc2ccncc2)C1.